The Balaban J connectivity index is 1.94. The molecule has 2 amide bonds. The number of carbonyl (C=O) groups is 2. The first-order valence-electron chi connectivity index (χ1n) is 11.9. The topological polar surface area (TPSA) is 67.9 Å². The molecule has 3 aromatic rings. The summed E-state index contributed by atoms with van der Waals surface area (Å²) < 4.78 is 10.6. The van der Waals surface area contributed by atoms with Crippen molar-refractivity contribution in [2.45, 2.75) is 38.8 Å². The molecule has 1 atom stereocenters. The van der Waals surface area contributed by atoms with Crippen LogP contribution >= 0.6 is 0 Å². The van der Waals surface area contributed by atoms with Crippen LogP contribution in [0.25, 0.3) is 0 Å². The Bertz CT molecular complexity index is 1080. The molecule has 0 saturated carbocycles. The molecule has 35 heavy (non-hydrogen) atoms. The average molecular weight is 475 g/mol. The van der Waals surface area contributed by atoms with Gasteiger partial charge in [-0.25, -0.2) is 0 Å². The van der Waals surface area contributed by atoms with Crippen LogP contribution in [-0.2, 0) is 29.0 Å². The lowest BCUT2D eigenvalue weighted by Gasteiger charge is -2.32. The normalized spacial score (nSPS) is 11.4. The predicted molar refractivity (Wildman–Crippen MR) is 137 cm³/mol. The molecule has 0 bridgehead atoms. The van der Waals surface area contributed by atoms with E-state index in [-0.39, 0.29) is 18.2 Å². The third kappa shape index (κ3) is 7.60. The maximum absolute atomic E-state index is 13.7. The number of carbonyl (C=O) groups excluding carboxylic acids is 2. The van der Waals surface area contributed by atoms with Crippen molar-refractivity contribution >= 4 is 11.8 Å². The molecular weight excluding hydrogens is 440 g/mol. The molecule has 0 aliphatic carbocycles. The van der Waals surface area contributed by atoms with Crippen molar-refractivity contribution in [1.29, 1.82) is 0 Å². The molecule has 0 spiro atoms. The number of hydrogen-bond acceptors (Lipinski definition) is 4. The number of benzene rings is 3. The van der Waals surface area contributed by atoms with Gasteiger partial charge in [0.2, 0.25) is 11.8 Å². The molecule has 6 nitrogen and oxygen atoms in total. The molecule has 3 rings (SSSR count). The highest BCUT2D eigenvalue weighted by atomic mass is 16.5. The summed E-state index contributed by atoms with van der Waals surface area (Å²) in [4.78, 5) is 28.8. The summed E-state index contributed by atoms with van der Waals surface area (Å²) in [6.07, 6.45) is 1.43. The van der Waals surface area contributed by atoms with Gasteiger partial charge in [-0.15, -0.1) is 0 Å². The largest absolute Gasteiger partial charge is 0.497 e. The first kappa shape index (κ1) is 25.8. The molecule has 6 heteroatoms. The first-order valence-corrected chi connectivity index (χ1v) is 11.9. The van der Waals surface area contributed by atoms with Gasteiger partial charge in [-0.2, -0.15) is 0 Å². The monoisotopic (exact) mass is 474 g/mol. The number of rotatable bonds is 12. The van der Waals surface area contributed by atoms with E-state index in [0.717, 1.165) is 28.9 Å². The molecule has 0 aliphatic heterocycles. The highest BCUT2D eigenvalue weighted by Crippen LogP contribution is 2.20. The van der Waals surface area contributed by atoms with Crippen molar-refractivity contribution in [2.24, 2.45) is 0 Å². The Labute approximate surface area is 207 Å². The minimum atomic E-state index is -0.652. The fourth-order valence-corrected chi connectivity index (χ4v) is 3.91. The zero-order valence-corrected chi connectivity index (χ0v) is 20.7. The zero-order valence-electron chi connectivity index (χ0n) is 20.7. The van der Waals surface area contributed by atoms with Crippen LogP contribution in [0.1, 0.15) is 30.0 Å². The number of nitrogens with zero attached hydrogens (tertiary/aromatic N) is 1. The van der Waals surface area contributed by atoms with Gasteiger partial charge in [0.15, 0.2) is 0 Å². The molecule has 184 valence electrons. The Morgan fingerprint density at radius 2 is 1.51 bits per heavy atom. The Hall–Kier alpha value is -3.80. The van der Waals surface area contributed by atoms with Gasteiger partial charge in [0.1, 0.15) is 17.5 Å². The van der Waals surface area contributed by atoms with E-state index in [1.54, 1.807) is 19.1 Å². The van der Waals surface area contributed by atoms with Gasteiger partial charge in [-0.1, -0.05) is 61.5 Å². The van der Waals surface area contributed by atoms with E-state index in [4.69, 9.17) is 9.47 Å². The lowest BCUT2D eigenvalue weighted by atomic mass is 10.0. The van der Waals surface area contributed by atoms with Crippen molar-refractivity contribution in [3.8, 4) is 11.5 Å². The van der Waals surface area contributed by atoms with E-state index in [1.807, 2.05) is 85.8 Å². The zero-order chi connectivity index (χ0) is 25.0. The fraction of sp³-hybridized carbons (Fsp3) is 0.310. The summed E-state index contributed by atoms with van der Waals surface area (Å²) in [5.41, 5.74) is 2.75. The lowest BCUT2D eigenvalue weighted by Crippen LogP contribution is -2.51. The van der Waals surface area contributed by atoms with Gasteiger partial charge in [-0.3, -0.25) is 9.59 Å². The summed E-state index contributed by atoms with van der Waals surface area (Å²) in [5.74, 6) is 1.17. The van der Waals surface area contributed by atoms with Crippen LogP contribution in [0.15, 0.2) is 78.9 Å². The third-order valence-electron chi connectivity index (χ3n) is 5.82. The lowest BCUT2D eigenvalue weighted by molar-refractivity contribution is -0.140. The molecule has 0 radical (unpaired) electrons. The van der Waals surface area contributed by atoms with Crippen LogP contribution in [0, 0.1) is 0 Å². The van der Waals surface area contributed by atoms with Gasteiger partial charge in [0.05, 0.1) is 20.6 Å². The Morgan fingerprint density at radius 3 is 2.17 bits per heavy atom. The molecule has 0 aromatic heterocycles. The quantitative estimate of drug-likeness (QED) is 0.422. The average Bonchev–Trinajstić information content (AvgIpc) is 2.90. The van der Waals surface area contributed by atoms with Crippen molar-refractivity contribution in [3.05, 3.63) is 95.6 Å². The van der Waals surface area contributed by atoms with Crippen molar-refractivity contribution < 1.29 is 19.1 Å². The van der Waals surface area contributed by atoms with Crippen molar-refractivity contribution in [1.82, 2.24) is 10.2 Å². The number of nitrogens with one attached hydrogen (secondary N) is 1. The Kier molecular flexibility index (Phi) is 9.72. The highest BCUT2D eigenvalue weighted by Gasteiger charge is 2.30. The van der Waals surface area contributed by atoms with E-state index >= 15 is 0 Å². The predicted octanol–water partition coefficient (Wildman–Crippen LogP) is 4.41. The Morgan fingerprint density at radius 1 is 0.829 bits per heavy atom. The second-order valence-corrected chi connectivity index (χ2v) is 8.39. The van der Waals surface area contributed by atoms with Crippen LogP contribution in [0.5, 0.6) is 11.5 Å². The molecule has 0 heterocycles. The number of methoxy groups -OCH3 is 2. The number of ether oxygens (including phenoxy) is 2. The van der Waals surface area contributed by atoms with Gasteiger partial charge in [0, 0.05) is 19.5 Å². The minimum Gasteiger partial charge on any atom is -0.497 e. The summed E-state index contributed by atoms with van der Waals surface area (Å²) in [5, 5.41) is 3.00. The van der Waals surface area contributed by atoms with Crippen LogP contribution in [0.2, 0.25) is 0 Å². The standard InChI is InChI=1S/C29H34N2O4/c1-4-17-30-29(33)27(19-22-9-6-5-7-10-22)31(21-24-11-8-12-26(18-24)35-3)28(32)20-23-13-15-25(34-2)16-14-23/h5-16,18,27H,4,17,19-21H2,1-3H3,(H,30,33)/t27-/m1/s1. The maximum Gasteiger partial charge on any atom is 0.243 e. The molecule has 0 aliphatic rings. The van der Waals surface area contributed by atoms with E-state index in [0.29, 0.717) is 25.3 Å². The van der Waals surface area contributed by atoms with Crippen LogP contribution in [0.4, 0.5) is 0 Å². The summed E-state index contributed by atoms with van der Waals surface area (Å²) in [6, 6.07) is 24.2. The van der Waals surface area contributed by atoms with Crippen LogP contribution < -0.4 is 14.8 Å². The molecule has 0 unspecified atom stereocenters. The molecular formula is C29H34N2O4. The number of amides is 2. The van der Waals surface area contributed by atoms with Crippen LogP contribution in [0.3, 0.4) is 0 Å². The molecule has 3 aromatic carbocycles. The molecule has 1 N–H and O–H groups in total. The van der Waals surface area contributed by atoms with Gasteiger partial charge in [-0.05, 0) is 47.4 Å². The van der Waals surface area contributed by atoms with E-state index in [9.17, 15) is 9.59 Å². The molecule has 0 saturated heterocycles. The second-order valence-electron chi connectivity index (χ2n) is 8.39. The van der Waals surface area contributed by atoms with E-state index < -0.39 is 6.04 Å². The van der Waals surface area contributed by atoms with Gasteiger partial charge >= 0.3 is 0 Å². The second kappa shape index (κ2) is 13.2. The van der Waals surface area contributed by atoms with Crippen LogP contribution in [-0.4, -0.2) is 43.5 Å². The van der Waals surface area contributed by atoms with E-state index in [2.05, 4.69) is 5.32 Å². The fourth-order valence-electron chi connectivity index (χ4n) is 3.91. The molecule has 0 fully saturated rings. The smallest absolute Gasteiger partial charge is 0.243 e. The van der Waals surface area contributed by atoms with E-state index in [1.165, 1.54) is 0 Å². The maximum atomic E-state index is 13.7. The number of hydrogen-bond donors (Lipinski definition) is 1. The van der Waals surface area contributed by atoms with Crippen molar-refractivity contribution in [3.63, 3.8) is 0 Å². The summed E-state index contributed by atoms with van der Waals surface area (Å²) >= 11 is 0. The first-order chi connectivity index (χ1) is 17.0. The van der Waals surface area contributed by atoms with Gasteiger partial charge in [0.25, 0.3) is 0 Å². The summed E-state index contributed by atoms with van der Waals surface area (Å²) in [6.45, 7) is 2.86. The van der Waals surface area contributed by atoms with Crippen molar-refractivity contribution in [2.75, 3.05) is 20.8 Å². The minimum absolute atomic E-state index is 0.120. The SMILES string of the molecule is CCCNC(=O)[C@@H](Cc1ccccc1)N(Cc1cccc(OC)c1)C(=O)Cc1ccc(OC)cc1. The summed E-state index contributed by atoms with van der Waals surface area (Å²) in [7, 11) is 3.22. The third-order valence-corrected chi connectivity index (χ3v) is 5.82. The highest BCUT2D eigenvalue weighted by molar-refractivity contribution is 5.88. The van der Waals surface area contributed by atoms with Gasteiger partial charge < -0.3 is 19.7 Å².